The van der Waals surface area contributed by atoms with E-state index in [4.69, 9.17) is 20.5 Å². The van der Waals surface area contributed by atoms with Crippen molar-refractivity contribution in [3.8, 4) is 22.9 Å². The molecular formula is C22H20ClN5O3. The SMILES string of the molecule is Cc1noc(-c2ccc(C(=O)N(Cc3nnc(-c4ccccc4Cl)o3)C(C)C)cc2)n1. The Morgan fingerprint density at radius 3 is 2.45 bits per heavy atom. The van der Waals surface area contributed by atoms with Crippen molar-refractivity contribution in [3.63, 3.8) is 0 Å². The van der Waals surface area contributed by atoms with Gasteiger partial charge in [-0.1, -0.05) is 28.9 Å². The zero-order valence-electron chi connectivity index (χ0n) is 17.2. The van der Waals surface area contributed by atoms with Crippen molar-refractivity contribution >= 4 is 17.5 Å². The van der Waals surface area contributed by atoms with E-state index in [1.165, 1.54) is 0 Å². The highest BCUT2D eigenvalue weighted by molar-refractivity contribution is 6.33. The van der Waals surface area contributed by atoms with Crippen LogP contribution in [0, 0.1) is 6.92 Å². The molecule has 0 atom stereocenters. The van der Waals surface area contributed by atoms with Crippen molar-refractivity contribution in [2.24, 2.45) is 0 Å². The average molecular weight is 438 g/mol. The highest BCUT2D eigenvalue weighted by Crippen LogP contribution is 2.27. The molecule has 2 heterocycles. The second-order valence-corrected chi connectivity index (χ2v) is 7.64. The normalized spacial score (nSPS) is 11.1. The number of aryl methyl sites for hydroxylation is 1. The van der Waals surface area contributed by atoms with Crippen LogP contribution in [0.15, 0.2) is 57.5 Å². The van der Waals surface area contributed by atoms with E-state index in [1.54, 1.807) is 48.2 Å². The summed E-state index contributed by atoms with van der Waals surface area (Å²) >= 11 is 6.21. The molecule has 9 heteroatoms. The van der Waals surface area contributed by atoms with Crippen molar-refractivity contribution in [1.82, 2.24) is 25.2 Å². The zero-order chi connectivity index (χ0) is 22.0. The Morgan fingerprint density at radius 1 is 1.06 bits per heavy atom. The molecule has 0 aliphatic rings. The van der Waals surface area contributed by atoms with Gasteiger partial charge >= 0.3 is 0 Å². The number of carbonyl (C=O) groups is 1. The summed E-state index contributed by atoms with van der Waals surface area (Å²) in [6.45, 7) is 5.79. The molecule has 1 amide bonds. The lowest BCUT2D eigenvalue weighted by atomic mass is 10.1. The molecule has 0 unspecified atom stereocenters. The van der Waals surface area contributed by atoms with Gasteiger partial charge in [0.25, 0.3) is 11.8 Å². The third-order valence-electron chi connectivity index (χ3n) is 4.67. The highest BCUT2D eigenvalue weighted by Gasteiger charge is 2.22. The number of hydrogen-bond donors (Lipinski definition) is 0. The summed E-state index contributed by atoms with van der Waals surface area (Å²) in [5, 5.41) is 12.5. The van der Waals surface area contributed by atoms with Gasteiger partial charge in [0.05, 0.1) is 17.1 Å². The van der Waals surface area contributed by atoms with E-state index in [1.807, 2.05) is 26.0 Å². The van der Waals surface area contributed by atoms with Crippen molar-refractivity contribution in [1.29, 1.82) is 0 Å². The van der Waals surface area contributed by atoms with Crippen LogP contribution in [-0.2, 0) is 6.54 Å². The number of aromatic nitrogens is 4. The summed E-state index contributed by atoms with van der Waals surface area (Å²) in [5.41, 5.74) is 1.92. The van der Waals surface area contributed by atoms with Gasteiger partial charge in [-0.05, 0) is 57.2 Å². The Labute approximate surface area is 183 Å². The van der Waals surface area contributed by atoms with Crippen LogP contribution >= 0.6 is 11.6 Å². The van der Waals surface area contributed by atoms with Crippen LogP contribution in [-0.4, -0.2) is 37.2 Å². The van der Waals surface area contributed by atoms with Gasteiger partial charge in [0.15, 0.2) is 5.82 Å². The van der Waals surface area contributed by atoms with E-state index in [9.17, 15) is 4.79 Å². The minimum atomic E-state index is -0.152. The van der Waals surface area contributed by atoms with Crippen LogP contribution < -0.4 is 0 Å². The van der Waals surface area contributed by atoms with Crippen molar-refractivity contribution < 1.29 is 13.7 Å². The van der Waals surface area contributed by atoms with Gasteiger partial charge in [0.1, 0.15) is 0 Å². The fourth-order valence-corrected chi connectivity index (χ4v) is 3.25. The van der Waals surface area contributed by atoms with Gasteiger partial charge in [-0.2, -0.15) is 4.98 Å². The molecule has 4 rings (SSSR count). The quantitative estimate of drug-likeness (QED) is 0.427. The third-order valence-corrected chi connectivity index (χ3v) is 5.00. The van der Waals surface area contributed by atoms with E-state index in [2.05, 4.69) is 20.3 Å². The fourth-order valence-electron chi connectivity index (χ4n) is 3.03. The summed E-state index contributed by atoms with van der Waals surface area (Å²) in [6.07, 6.45) is 0. The molecular weight excluding hydrogens is 418 g/mol. The number of halogens is 1. The molecule has 158 valence electrons. The molecule has 0 saturated carbocycles. The molecule has 0 N–H and O–H groups in total. The number of rotatable bonds is 6. The molecule has 8 nitrogen and oxygen atoms in total. The predicted octanol–water partition coefficient (Wildman–Crippen LogP) is 4.80. The summed E-state index contributed by atoms with van der Waals surface area (Å²) in [6, 6.07) is 14.2. The van der Waals surface area contributed by atoms with Crippen LogP contribution in [0.1, 0.15) is 35.9 Å². The molecule has 2 aromatic carbocycles. The van der Waals surface area contributed by atoms with Gasteiger partial charge in [-0.3, -0.25) is 4.79 Å². The van der Waals surface area contributed by atoms with Gasteiger partial charge < -0.3 is 13.8 Å². The van der Waals surface area contributed by atoms with Gasteiger partial charge in [0, 0.05) is 17.2 Å². The fraction of sp³-hybridized carbons (Fsp3) is 0.227. The summed E-state index contributed by atoms with van der Waals surface area (Å²) in [7, 11) is 0. The molecule has 0 bridgehead atoms. The first-order chi connectivity index (χ1) is 14.9. The Balaban J connectivity index is 1.53. The van der Waals surface area contributed by atoms with Gasteiger partial charge in [0.2, 0.25) is 11.8 Å². The van der Waals surface area contributed by atoms with E-state index in [0.29, 0.717) is 39.6 Å². The Hall–Kier alpha value is -3.52. The molecule has 0 radical (unpaired) electrons. The van der Waals surface area contributed by atoms with Crippen molar-refractivity contribution in [3.05, 3.63) is 70.8 Å². The van der Waals surface area contributed by atoms with Crippen LogP contribution in [0.2, 0.25) is 5.02 Å². The monoisotopic (exact) mass is 437 g/mol. The largest absolute Gasteiger partial charge is 0.419 e. The summed E-state index contributed by atoms with van der Waals surface area (Å²) in [4.78, 5) is 19.0. The van der Waals surface area contributed by atoms with E-state index >= 15 is 0 Å². The first kappa shape index (κ1) is 20.7. The number of amides is 1. The first-order valence-corrected chi connectivity index (χ1v) is 10.1. The number of hydrogen-bond acceptors (Lipinski definition) is 7. The number of nitrogens with zero attached hydrogens (tertiary/aromatic N) is 5. The Kier molecular flexibility index (Phi) is 5.81. The molecule has 0 saturated heterocycles. The predicted molar refractivity (Wildman–Crippen MR) is 114 cm³/mol. The summed E-state index contributed by atoms with van der Waals surface area (Å²) in [5.74, 6) is 1.46. The molecule has 0 fully saturated rings. The smallest absolute Gasteiger partial charge is 0.257 e. The van der Waals surface area contributed by atoms with Crippen LogP contribution in [0.4, 0.5) is 0 Å². The topological polar surface area (TPSA) is 98.2 Å². The molecule has 0 aliphatic heterocycles. The summed E-state index contributed by atoms with van der Waals surface area (Å²) < 4.78 is 10.9. The van der Waals surface area contributed by atoms with Gasteiger partial charge in [-0.15, -0.1) is 10.2 Å². The van der Waals surface area contributed by atoms with Gasteiger partial charge in [-0.25, -0.2) is 0 Å². The van der Waals surface area contributed by atoms with Crippen LogP contribution in [0.25, 0.3) is 22.9 Å². The maximum absolute atomic E-state index is 13.1. The molecule has 2 aromatic heterocycles. The third kappa shape index (κ3) is 4.49. The standard InChI is InChI=1S/C22H20ClN5O3/c1-13(2)28(12-19-25-26-21(30-19)17-6-4-5-7-18(17)23)22(29)16-10-8-15(9-11-16)20-24-14(3)27-31-20/h4-11,13H,12H2,1-3H3. The Bertz CT molecular complexity index is 1200. The maximum atomic E-state index is 13.1. The Morgan fingerprint density at radius 2 is 1.81 bits per heavy atom. The first-order valence-electron chi connectivity index (χ1n) is 9.71. The van der Waals surface area contributed by atoms with E-state index in [-0.39, 0.29) is 18.5 Å². The minimum Gasteiger partial charge on any atom is -0.419 e. The molecule has 0 aliphatic carbocycles. The molecule has 31 heavy (non-hydrogen) atoms. The molecule has 0 spiro atoms. The lowest BCUT2D eigenvalue weighted by Crippen LogP contribution is -2.36. The van der Waals surface area contributed by atoms with Crippen LogP contribution in [0.3, 0.4) is 0 Å². The van der Waals surface area contributed by atoms with Crippen LogP contribution in [0.5, 0.6) is 0 Å². The van der Waals surface area contributed by atoms with E-state index in [0.717, 1.165) is 5.56 Å². The lowest BCUT2D eigenvalue weighted by molar-refractivity contribution is 0.0672. The van der Waals surface area contributed by atoms with E-state index < -0.39 is 0 Å². The zero-order valence-corrected chi connectivity index (χ0v) is 18.0. The second kappa shape index (κ2) is 8.69. The lowest BCUT2D eigenvalue weighted by Gasteiger charge is -2.25. The van der Waals surface area contributed by atoms with Crippen molar-refractivity contribution in [2.45, 2.75) is 33.4 Å². The maximum Gasteiger partial charge on any atom is 0.257 e. The highest BCUT2D eigenvalue weighted by atomic mass is 35.5. The second-order valence-electron chi connectivity index (χ2n) is 7.23. The average Bonchev–Trinajstić information content (AvgIpc) is 3.41. The molecule has 4 aromatic rings. The number of benzene rings is 2. The minimum absolute atomic E-state index is 0.0820. The number of carbonyl (C=O) groups excluding carboxylic acids is 1. The van der Waals surface area contributed by atoms with Crippen molar-refractivity contribution in [2.75, 3.05) is 0 Å².